The molecule has 0 atom stereocenters. The van der Waals surface area contributed by atoms with Crippen molar-refractivity contribution < 1.29 is 17.6 Å². The van der Waals surface area contributed by atoms with E-state index in [-0.39, 0.29) is 11.4 Å². The van der Waals surface area contributed by atoms with Gasteiger partial charge in [-0.2, -0.15) is 13.2 Å². The Kier molecular flexibility index (Phi) is 2.07. The van der Waals surface area contributed by atoms with Crippen LogP contribution in [0.15, 0.2) is 12.1 Å². The molecule has 1 aromatic carbocycles. The summed E-state index contributed by atoms with van der Waals surface area (Å²) >= 11 is 0. The number of hydrogen-bond acceptors (Lipinski definition) is 2. The van der Waals surface area contributed by atoms with Crippen molar-refractivity contribution in [2.75, 3.05) is 11.5 Å². The highest BCUT2D eigenvalue weighted by atomic mass is 19.4. The van der Waals surface area contributed by atoms with Crippen LogP contribution >= 0.6 is 0 Å². The Balaban J connectivity index is 3.32. The number of benzene rings is 1. The molecule has 0 radical (unpaired) electrons. The Hall–Kier alpha value is -1.46. The molecule has 0 heterocycles. The summed E-state index contributed by atoms with van der Waals surface area (Å²) in [6.07, 6.45) is -4.74. The molecule has 0 amide bonds. The maximum atomic E-state index is 12.7. The summed E-state index contributed by atoms with van der Waals surface area (Å²) in [5, 5.41) is 0. The van der Waals surface area contributed by atoms with E-state index in [1.807, 2.05) is 0 Å². The lowest BCUT2D eigenvalue weighted by molar-refractivity contribution is -0.139. The fourth-order valence-electron chi connectivity index (χ4n) is 0.823. The Morgan fingerprint density at radius 3 is 1.92 bits per heavy atom. The van der Waals surface area contributed by atoms with Crippen LogP contribution in [-0.4, -0.2) is 0 Å². The number of nitrogen functional groups attached to an aromatic ring is 2. The molecular weight excluding hydrogens is 188 g/mol. The molecule has 0 aromatic heterocycles. The van der Waals surface area contributed by atoms with Gasteiger partial charge in [-0.15, -0.1) is 0 Å². The quantitative estimate of drug-likeness (QED) is 0.490. The Labute approximate surface area is 71.1 Å². The summed E-state index contributed by atoms with van der Waals surface area (Å²) in [7, 11) is 0. The predicted octanol–water partition coefficient (Wildman–Crippen LogP) is 2.01. The van der Waals surface area contributed by atoms with Gasteiger partial charge in [0.2, 0.25) is 0 Å². The number of anilines is 2. The van der Waals surface area contributed by atoms with Gasteiger partial charge in [0.1, 0.15) is 5.82 Å². The van der Waals surface area contributed by atoms with Crippen LogP contribution in [0.5, 0.6) is 0 Å². The molecule has 1 aromatic rings. The van der Waals surface area contributed by atoms with Crippen molar-refractivity contribution in [1.29, 1.82) is 0 Å². The van der Waals surface area contributed by atoms with Gasteiger partial charge in [-0.25, -0.2) is 4.39 Å². The van der Waals surface area contributed by atoms with E-state index >= 15 is 0 Å². The van der Waals surface area contributed by atoms with Gasteiger partial charge >= 0.3 is 6.18 Å². The van der Waals surface area contributed by atoms with Crippen molar-refractivity contribution in [2.24, 2.45) is 0 Å². The van der Waals surface area contributed by atoms with E-state index < -0.39 is 17.6 Å². The maximum Gasteiger partial charge on any atom is 0.419 e. The SMILES string of the molecule is Nc1cc(F)c(C(F)(F)F)cc1N. The molecule has 0 bridgehead atoms. The fraction of sp³-hybridized carbons (Fsp3) is 0.143. The van der Waals surface area contributed by atoms with Crippen molar-refractivity contribution in [3.05, 3.63) is 23.5 Å². The van der Waals surface area contributed by atoms with Crippen LogP contribution in [-0.2, 0) is 6.18 Å². The van der Waals surface area contributed by atoms with Gasteiger partial charge in [0.05, 0.1) is 16.9 Å². The largest absolute Gasteiger partial charge is 0.419 e. The highest BCUT2D eigenvalue weighted by molar-refractivity contribution is 5.64. The Morgan fingerprint density at radius 2 is 1.46 bits per heavy atom. The van der Waals surface area contributed by atoms with Gasteiger partial charge in [0.15, 0.2) is 0 Å². The van der Waals surface area contributed by atoms with E-state index in [1.54, 1.807) is 0 Å². The molecule has 72 valence electrons. The van der Waals surface area contributed by atoms with Crippen molar-refractivity contribution in [3.8, 4) is 0 Å². The number of halogens is 4. The van der Waals surface area contributed by atoms with Crippen LogP contribution in [0.1, 0.15) is 5.56 Å². The first kappa shape index (κ1) is 9.63. The molecule has 0 spiro atoms. The zero-order chi connectivity index (χ0) is 10.2. The number of hydrogen-bond donors (Lipinski definition) is 2. The van der Waals surface area contributed by atoms with E-state index in [0.717, 1.165) is 0 Å². The average molecular weight is 194 g/mol. The summed E-state index contributed by atoms with van der Waals surface area (Å²) < 4.78 is 48.7. The predicted molar refractivity (Wildman–Crippen MR) is 40.2 cm³/mol. The standard InChI is InChI=1S/C7H6F4N2/c8-4-2-6(13)5(12)1-3(4)7(9,10)11/h1-2H,12-13H2. The fourth-order valence-corrected chi connectivity index (χ4v) is 0.823. The topological polar surface area (TPSA) is 52.0 Å². The normalized spacial score (nSPS) is 11.7. The van der Waals surface area contributed by atoms with Gasteiger partial charge in [-0.1, -0.05) is 0 Å². The molecule has 0 saturated carbocycles. The zero-order valence-corrected chi connectivity index (χ0v) is 6.32. The van der Waals surface area contributed by atoms with E-state index in [0.29, 0.717) is 12.1 Å². The highest BCUT2D eigenvalue weighted by Gasteiger charge is 2.34. The molecule has 0 aliphatic carbocycles. The van der Waals surface area contributed by atoms with Crippen LogP contribution in [0.4, 0.5) is 28.9 Å². The van der Waals surface area contributed by atoms with E-state index in [1.165, 1.54) is 0 Å². The number of alkyl halides is 3. The number of rotatable bonds is 0. The molecule has 13 heavy (non-hydrogen) atoms. The van der Waals surface area contributed by atoms with Crippen molar-refractivity contribution in [1.82, 2.24) is 0 Å². The Bertz CT molecular complexity index is 332. The summed E-state index contributed by atoms with van der Waals surface area (Å²) in [6.45, 7) is 0. The lowest BCUT2D eigenvalue weighted by Crippen LogP contribution is -2.10. The van der Waals surface area contributed by atoms with Crippen LogP contribution in [0, 0.1) is 5.82 Å². The van der Waals surface area contributed by atoms with Crippen molar-refractivity contribution in [2.45, 2.75) is 6.18 Å². The van der Waals surface area contributed by atoms with Crippen LogP contribution in [0.2, 0.25) is 0 Å². The zero-order valence-electron chi connectivity index (χ0n) is 6.32. The van der Waals surface area contributed by atoms with Crippen molar-refractivity contribution in [3.63, 3.8) is 0 Å². The second kappa shape index (κ2) is 2.79. The van der Waals surface area contributed by atoms with Crippen LogP contribution in [0.3, 0.4) is 0 Å². The second-order valence-electron chi connectivity index (χ2n) is 2.46. The third-order valence-electron chi connectivity index (χ3n) is 1.48. The van der Waals surface area contributed by atoms with Crippen molar-refractivity contribution >= 4 is 11.4 Å². The average Bonchev–Trinajstić information content (AvgIpc) is 1.94. The van der Waals surface area contributed by atoms with Gasteiger partial charge in [0.25, 0.3) is 0 Å². The molecule has 2 nitrogen and oxygen atoms in total. The third kappa shape index (κ3) is 1.82. The third-order valence-corrected chi connectivity index (χ3v) is 1.48. The first-order chi connectivity index (χ1) is 5.82. The minimum atomic E-state index is -4.74. The molecule has 0 aliphatic rings. The first-order valence-corrected chi connectivity index (χ1v) is 3.24. The summed E-state index contributed by atoms with van der Waals surface area (Å²) in [5.41, 5.74) is 8.30. The minimum Gasteiger partial charge on any atom is -0.397 e. The summed E-state index contributed by atoms with van der Waals surface area (Å²) in [6, 6.07) is 1.03. The molecule has 0 aliphatic heterocycles. The smallest absolute Gasteiger partial charge is 0.397 e. The molecule has 0 unspecified atom stereocenters. The van der Waals surface area contributed by atoms with E-state index in [2.05, 4.69) is 0 Å². The Morgan fingerprint density at radius 1 is 1.00 bits per heavy atom. The number of nitrogens with two attached hydrogens (primary N) is 2. The van der Waals surface area contributed by atoms with Gasteiger partial charge < -0.3 is 11.5 Å². The lowest BCUT2D eigenvalue weighted by atomic mass is 10.1. The van der Waals surface area contributed by atoms with E-state index in [4.69, 9.17) is 11.5 Å². The molecular formula is C7H6F4N2. The van der Waals surface area contributed by atoms with Gasteiger partial charge in [-0.05, 0) is 12.1 Å². The molecule has 0 fully saturated rings. The van der Waals surface area contributed by atoms with E-state index in [9.17, 15) is 17.6 Å². The lowest BCUT2D eigenvalue weighted by Gasteiger charge is -2.09. The molecule has 6 heteroatoms. The monoisotopic (exact) mass is 194 g/mol. The summed E-state index contributed by atoms with van der Waals surface area (Å²) in [5.74, 6) is -1.42. The van der Waals surface area contributed by atoms with Gasteiger partial charge in [0, 0.05) is 0 Å². The molecule has 0 saturated heterocycles. The summed E-state index contributed by atoms with van der Waals surface area (Å²) in [4.78, 5) is 0. The minimum absolute atomic E-state index is 0.203. The molecule has 4 N–H and O–H groups in total. The highest BCUT2D eigenvalue weighted by Crippen LogP contribution is 2.34. The van der Waals surface area contributed by atoms with Gasteiger partial charge in [-0.3, -0.25) is 0 Å². The second-order valence-corrected chi connectivity index (χ2v) is 2.46. The first-order valence-electron chi connectivity index (χ1n) is 3.24. The van der Waals surface area contributed by atoms with Crippen LogP contribution < -0.4 is 11.5 Å². The maximum absolute atomic E-state index is 12.7. The molecule has 1 rings (SSSR count). The van der Waals surface area contributed by atoms with Crippen LogP contribution in [0.25, 0.3) is 0 Å².